The minimum Gasteiger partial charge on any atom is -0.340 e. The summed E-state index contributed by atoms with van der Waals surface area (Å²) in [5, 5.41) is 17.4. The number of nitrogens with one attached hydrogen (secondary N) is 1. The number of nitrogens with zero attached hydrogens (tertiary/aromatic N) is 5. The highest BCUT2D eigenvalue weighted by atomic mass is 19.4. The second-order valence-electron chi connectivity index (χ2n) is 12.8. The lowest BCUT2D eigenvalue weighted by Gasteiger charge is -2.40. The van der Waals surface area contributed by atoms with Crippen molar-refractivity contribution in [1.29, 1.82) is 5.26 Å². The fourth-order valence-electron chi connectivity index (χ4n) is 6.67. The maximum atomic E-state index is 14.2. The van der Waals surface area contributed by atoms with Gasteiger partial charge in [0, 0.05) is 29.6 Å². The van der Waals surface area contributed by atoms with E-state index in [-0.39, 0.29) is 35.7 Å². The normalized spacial score (nSPS) is 26.9. The molecule has 3 fully saturated rings. The summed E-state index contributed by atoms with van der Waals surface area (Å²) in [6.07, 6.45) is -1.63. The van der Waals surface area contributed by atoms with E-state index in [0.717, 1.165) is 37.5 Å². The Balaban J connectivity index is 1.46. The zero-order valence-corrected chi connectivity index (χ0v) is 23.9. The van der Waals surface area contributed by atoms with Crippen LogP contribution in [0.25, 0.3) is 0 Å². The number of hydrogen-bond donors (Lipinski definition) is 1. The van der Waals surface area contributed by atoms with E-state index in [0.29, 0.717) is 23.7 Å². The van der Waals surface area contributed by atoms with Crippen molar-refractivity contribution in [2.75, 3.05) is 11.4 Å². The lowest BCUT2D eigenvalue weighted by molar-refractivity contribution is -0.137. The van der Waals surface area contributed by atoms with Crippen LogP contribution >= 0.6 is 0 Å². The molecule has 2 aliphatic heterocycles. The number of anilines is 1. The van der Waals surface area contributed by atoms with Gasteiger partial charge >= 0.3 is 6.18 Å². The number of nitriles is 1. The quantitative estimate of drug-likeness (QED) is 0.561. The molecule has 9 nitrogen and oxygen atoms in total. The molecule has 1 aromatic heterocycles. The van der Waals surface area contributed by atoms with Crippen molar-refractivity contribution in [3.05, 3.63) is 46.6 Å². The molecule has 0 spiro atoms. The Hall–Kier alpha value is -3.88. The number of likely N-dealkylation sites (N-methyl/N-ethyl adjacent to an activating group) is 1. The molecular formula is C30H33F3N6O3. The van der Waals surface area contributed by atoms with Gasteiger partial charge in [0.25, 0.3) is 17.7 Å². The number of rotatable bonds is 5. The second-order valence-corrected chi connectivity index (χ2v) is 12.8. The third kappa shape index (κ3) is 4.53. The number of piperidine rings is 1. The molecule has 3 heterocycles. The van der Waals surface area contributed by atoms with Crippen LogP contribution in [0.1, 0.15) is 91.3 Å². The number of alkyl halides is 3. The summed E-state index contributed by atoms with van der Waals surface area (Å²) < 4.78 is 41.8. The zero-order chi connectivity index (χ0) is 30.3. The van der Waals surface area contributed by atoms with Crippen LogP contribution in [0.15, 0.2) is 24.3 Å². The summed E-state index contributed by atoms with van der Waals surface area (Å²) in [5.74, 6) is -1.38. The number of benzene rings is 1. The van der Waals surface area contributed by atoms with Crippen LogP contribution in [0.5, 0.6) is 0 Å². The molecular weight excluding hydrogens is 549 g/mol. The average Bonchev–Trinajstić information content (AvgIpc) is 3.84. The Morgan fingerprint density at radius 3 is 2.45 bits per heavy atom. The Morgan fingerprint density at radius 2 is 1.86 bits per heavy atom. The van der Waals surface area contributed by atoms with Crippen molar-refractivity contribution in [1.82, 2.24) is 20.0 Å². The topological polar surface area (TPSA) is 111 Å². The van der Waals surface area contributed by atoms with E-state index in [4.69, 9.17) is 5.10 Å². The highest BCUT2D eigenvalue weighted by Gasteiger charge is 2.57. The van der Waals surface area contributed by atoms with Crippen LogP contribution in [-0.2, 0) is 16.5 Å². The van der Waals surface area contributed by atoms with Crippen LogP contribution in [0.4, 0.5) is 19.0 Å². The number of carbonyl (C=O) groups excluding carboxylic acids is 3. The minimum atomic E-state index is -4.63. The maximum Gasteiger partial charge on any atom is 0.416 e. The first kappa shape index (κ1) is 28.2. The highest BCUT2D eigenvalue weighted by Crippen LogP contribution is 2.53. The zero-order valence-electron chi connectivity index (χ0n) is 23.9. The smallest absolute Gasteiger partial charge is 0.340 e. The van der Waals surface area contributed by atoms with Gasteiger partial charge in [0.15, 0.2) is 5.69 Å². The summed E-state index contributed by atoms with van der Waals surface area (Å²) in [6, 6.07) is 4.68. The van der Waals surface area contributed by atoms with Crippen LogP contribution in [0.3, 0.4) is 0 Å². The Morgan fingerprint density at radius 1 is 1.14 bits per heavy atom. The number of likely N-dealkylation sites (tertiary alicyclic amines) is 1. The Kier molecular flexibility index (Phi) is 6.44. The summed E-state index contributed by atoms with van der Waals surface area (Å²) in [4.78, 5) is 44.8. The van der Waals surface area contributed by atoms with Gasteiger partial charge in [-0.15, -0.1) is 0 Å². The third-order valence-electron chi connectivity index (χ3n) is 8.89. The predicted molar refractivity (Wildman–Crippen MR) is 145 cm³/mol. The van der Waals surface area contributed by atoms with Crippen molar-refractivity contribution in [2.45, 2.75) is 89.1 Å². The Bertz CT molecular complexity index is 1520. The van der Waals surface area contributed by atoms with Crippen LogP contribution in [0.2, 0.25) is 0 Å². The molecule has 2 aliphatic carbocycles. The van der Waals surface area contributed by atoms with E-state index in [2.05, 4.69) is 11.4 Å². The van der Waals surface area contributed by atoms with E-state index in [1.807, 2.05) is 20.8 Å². The summed E-state index contributed by atoms with van der Waals surface area (Å²) in [7, 11) is 0. The van der Waals surface area contributed by atoms with Gasteiger partial charge in [0.1, 0.15) is 17.9 Å². The molecule has 1 aromatic carbocycles. The number of carbonyl (C=O) groups is 3. The highest BCUT2D eigenvalue weighted by molar-refractivity contribution is 6.07. The van der Waals surface area contributed by atoms with Gasteiger partial charge in [0.2, 0.25) is 0 Å². The number of hydrogen-bond acceptors (Lipinski definition) is 5. The molecule has 0 radical (unpaired) electrons. The van der Waals surface area contributed by atoms with E-state index in [1.54, 1.807) is 16.5 Å². The summed E-state index contributed by atoms with van der Waals surface area (Å²) in [6.45, 7) is 7.78. The Labute approximate surface area is 241 Å². The van der Waals surface area contributed by atoms with Crippen LogP contribution in [-0.4, -0.2) is 57.1 Å². The molecule has 4 aliphatic rings. The van der Waals surface area contributed by atoms with Crippen LogP contribution < -0.4 is 10.2 Å². The van der Waals surface area contributed by atoms with Crippen molar-refractivity contribution >= 4 is 23.5 Å². The van der Waals surface area contributed by atoms with Gasteiger partial charge in [-0.3, -0.25) is 19.3 Å². The first-order valence-electron chi connectivity index (χ1n) is 14.4. The maximum absolute atomic E-state index is 14.2. The summed E-state index contributed by atoms with van der Waals surface area (Å²) in [5.41, 5.74) is -1.05. The molecule has 6 rings (SSSR count). The largest absolute Gasteiger partial charge is 0.416 e. The van der Waals surface area contributed by atoms with E-state index in [9.17, 15) is 32.8 Å². The number of aromatic nitrogens is 2. The van der Waals surface area contributed by atoms with Crippen LogP contribution in [0, 0.1) is 23.2 Å². The molecule has 0 bridgehead atoms. The van der Waals surface area contributed by atoms with Crippen molar-refractivity contribution in [3.8, 4) is 6.07 Å². The standard InChI is InChI=1S/C30H33F3N6O3/c1-5-37-26-22(24(36-39(26)29(2,3)4)28(42)38-19(14-34)12-17-13-20(17)38)21(15-9-10-15)23(27(37)41)35-25(40)16-7-6-8-18(11-16)30(31,32)33/h6-8,11,15,17,19-21,23H,5,9-10,12-13H2,1-4H3,(H,35,40). The molecule has 1 N–H and O–H groups in total. The molecule has 1 saturated heterocycles. The van der Waals surface area contributed by atoms with Crippen molar-refractivity contribution < 1.29 is 27.6 Å². The first-order chi connectivity index (χ1) is 19.8. The molecule has 5 atom stereocenters. The molecule has 2 saturated carbocycles. The first-order valence-corrected chi connectivity index (χ1v) is 14.4. The SMILES string of the molecule is CCN1C(=O)C(NC(=O)c2cccc(C(F)(F)F)c2)C(C2CC2)c2c(C(=O)N3C(C#N)CC4CC43)nn(C(C)(C)C)c21. The summed E-state index contributed by atoms with van der Waals surface area (Å²) >= 11 is 0. The van der Waals surface area contributed by atoms with E-state index < -0.39 is 47.1 Å². The number of halogens is 3. The third-order valence-corrected chi connectivity index (χ3v) is 8.89. The van der Waals surface area contributed by atoms with E-state index in [1.165, 1.54) is 11.0 Å². The van der Waals surface area contributed by atoms with Gasteiger partial charge in [0.05, 0.1) is 17.2 Å². The van der Waals surface area contributed by atoms with E-state index >= 15 is 0 Å². The fraction of sp³-hybridized carbons (Fsp3) is 0.567. The van der Waals surface area contributed by atoms with Gasteiger partial charge in [-0.05, 0) is 83.4 Å². The molecule has 5 unspecified atom stereocenters. The monoisotopic (exact) mass is 582 g/mol. The molecule has 222 valence electrons. The van der Waals surface area contributed by atoms with Gasteiger partial charge in [-0.2, -0.15) is 23.5 Å². The molecule has 3 amide bonds. The number of amides is 3. The van der Waals surface area contributed by atoms with Gasteiger partial charge < -0.3 is 10.2 Å². The fourth-order valence-corrected chi connectivity index (χ4v) is 6.67. The minimum absolute atomic E-state index is 0.0131. The molecule has 2 aromatic rings. The lowest BCUT2D eigenvalue weighted by atomic mass is 9.82. The lowest BCUT2D eigenvalue weighted by Crippen LogP contribution is -2.56. The average molecular weight is 583 g/mol. The predicted octanol–water partition coefficient (Wildman–Crippen LogP) is 4.44. The van der Waals surface area contributed by atoms with Gasteiger partial charge in [-0.25, -0.2) is 4.68 Å². The van der Waals surface area contributed by atoms with Crippen molar-refractivity contribution in [3.63, 3.8) is 0 Å². The van der Waals surface area contributed by atoms with Crippen molar-refractivity contribution in [2.24, 2.45) is 11.8 Å². The van der Waals surface area contributed by atoms with Gasteiger partial charge in [-0.1, -0.05) is 6.07 Å². The number of fused-ring (bicyclic) bond motifs is 2. The second kappa shape index (κ2) is 9.57. The molecule has 12 heteroatoms. The molecule has 42 heavy (non-hydrogen) atoms.